The average Bonchev–Trinajstić information content (AvgIpc) is 2.98. The van der Waals surface area contributed by atoms with Crippen LogP contribution in [0.1, 0.15) is 31.8 Å². The van der Waals surface area contributed by atoms with Gasteiger partial charge in [0.15, 0.2) is 6.61 Å². The molecule has 0 saturated heterocycles. The predicted octanol–water partition coefficient (Wildman–Crippen LogP) is 4.77. The van der Waals surface area contributed by atoms with Gasteiger partial charge in [-0.2, -0.15) is 0 Å². The molecule has 0 bridgehead atoms. The van der Waals surface area contributed by atoms with E-state index in [-0.39, 0.29) is 17.5 Å². The number of nitrogens with zero attached hydrogens (tertiary/aromatic N) is 1. The minimum absolute atomic E-state index is 0.181. The van der Waals surface area contributed by atoms with Gasteiger partial charge in [0.1, 0.15) is 5.75 Å². The molecule has 0 unspecified atom stereocenters. The number of hydrogen-bond acceptors (Lipinski definition) is 4. The summed E-state index contributed by atoms with van der Waals surface area (Å²) in [5.41, 5.74) is 3.48. The minimum Gasteiger partial charge on any atom is -0.484 e. The Bertz CT molecular complexity index is 1170. The maximum Gasteiger partial charge on any atom is 0.266 e. The second-order valence-corrected chi connectivity index (χ2v) is 7.72. The van der Waals surface area contributed by atoms with E-state index in [9.17, 15) is 14.4 Å². The number of anilines is 2. The van der Waals surface area contributed by atoms with Gasteiger partial charge >= 0.3 is 0 Å². The number of aryl methyl sites for hydroxylation is 2. The summed E-state index contributed by atoms with van der Waals surface area (Å²) in [5, 5.41) is 2.89. The summed E-state index contributed by atoms with van der Waals surface area (Å²) in [4.78, 5) is 38.6. The fraction of sp³-hybridized carbons (Fsp3) is 0.125. The van der Waals surface area contributed by atoms with Crippen molar-refractivity contribution in [3.8, 4) is 5.75 Å². The zero-order valence-electron chi connectivity index (χ0n) is 16.9. The van der Waals surface area contributed by atoms with Crippen molar-refractivity contribution in [2.24, 2.45) is 0 Å². The van der Waals surface area contributed by atoms with E-state index in [1.54, 1.807) is 36.4 Å². The molecule has 0 aromatic heterocycles. The van der Waals surface area contributed by atoms with Crippen molar-refractivity contribution in [3.63, 3.8) is 0 Å². The molecule has 1 N–H and O–H groups in total. The molecule has 1 aliphatic rings. The lowest BCUT2D eigenvalue weighted by molar-refractivity contribution is -0.118. The first-order valence-corrected chi connectivity index (χ1v) is 9.99. The van der Waals surface area contributed by atoms with Crippen molar-refractivity contribution in [2.45, 2.75) is 13.8 Å². The molecule has 0 atom stereocenters. The molecule has 1 heterocycles. The molecule has 0 aliphatic carbocycles. The van der Waals surface area contributed by atoms with Crippen LogP contribution in [0, 0.1) is 13.8 Å². The Balaban J connectivity index is 1.45. The van der Waals surface area contributed by atoms with Crippen LogP contribution in [-0.2, 0) is 4.79 Å². The average molecular weight is 435 g/mol. The number of hydrogen-bond donors (Lipinski definition) is 1. The van der Waals surface area contributed by atoms with E-state index in [0.29, 0.717) is 28.3 Å². The van der Waals surface area contributed by atoms with E-state index < -0.39 is 11.8 Å². The van der Waals surface area contributed by atoms with Crippen molar-refractivity contribution in [2.75, 3.05) is 16.8 Å². The number of imide groups is 1. The Hall–Kier alpha value is -3.64. The molecular formula is C24H19ClN2O4. The normalized spacial score (nSPS) is 12.7. The van der Waals surface area contributed by atoms with Crippen molar-refractivity contribution in [1.29, 1.82) is 0 Å². The van der Waals surface area contributed by atoms with E-state index in [0.717, 1.165) is 16.0 Å². The van der Waals surface area contributed by atoms with Gasteiger partial charge in [-0.05, 0) is 67.4 Å². The number of amides is 3. The molecule has 4 rings (SSSR count). The number of carbonyl (C=O) groups excluding carboxylic acids is 3. The monoisotopic (exact) mass is 434 g/mol. The van der Waals surface area contributed by atoms with E-state index in [1.165, 1.54) is 6.07 Å². The van der Waals surface area contributed by atoms with Gasteiger partial charge in [0.2, 0.25) is 0 Å². The molecule has 0 fully saturated rings. The van der Waals surface area contributed by atoms with E-state index in [4.69, 9.17) is 16.3 Å². The molecule has 7 heteroatoms. The second-order valence-electron chi connectivity index (χ2n) is 7.32. The number of carbonyl (C=O) groups is 3. The van der Waals surface area contributed by atoms with Gasteiger partial charge in [-0.1, -0.05) is 29.8 Å². The van der Waals surface area contributed by atoms with Gasteiger partial charge in [-0.25, -0.2) is 4.90 Å². The predicted molar refractivity (Wildman–Crippen MR) is 119 cm³/mol. The number of halogens is 1. The highest BCUT2D eigenvalue weighted by molar-refractivity contribution is 6.36. The first-order chi connectivity index (χ1) is 14.8. The third-order valence-corrected chi connectivity index (χ3v) is 5.16. The standard InChI is InChI=1S/C24H19ClN2O4/c1-14-9-15(2)11-17(10-14)31-13-22(28)26-21-8-7-16(12-20(21)25)27-23(29)18-5-3-4-6-19(18)24(27)30/h3-12H,13H2,1-2H3,(H,26,28). The molecule has 1 aliphatic heterocycles. The molecule has 3 aromatic rings. The quantitative estimate of drug-likeness (QED) is 0.586. The Labute approximate surface area is 184 Å². The third-order valence-electron chi connectivity index (χ3n) is 4.84. The summed E-state index contributed by atoms with van der Waals surface area (Å²) in [5.74, 6) is -0.583. The number of nitrogens with one attached hydrogen (secondary N) is 1. The highest BCUT2D eigenvalue weighted by Gasteiger charge is 2.36. The summed E-state index contributed by atoms with van der Waals surface area (Å²) in [6, 6.07) is 17.0. The maximum absolute atomic E-state index is 12.6. The van der Waals surface area contributed by atoms with Crippen LogP contribution >= 0.6 is 11.6 Å². The lowest BCUT2D eigenvalue weighted by Gasteiger charge is -2.16. The maximum atomic E-state index is 12.6. The van der Waals surface area contributed by atoms with E-state index in [2.05, 4.69) is 5.32 Å². The fourth-order valence-corrected chi connectivity index (χ4v) is 3.74. The van der Waals surface area contributed by atoms with E-state index >= 15 is 0 Å². The first kappa shape index (κ1) is 20.6. The molecule has 0 radical (unpaired) electrons. The number of fused-ring (bicyclic) bond motifs is 1. The van der Waals surface area contributed by atoms with Crippen LogP contribution in [0.15, 0.2) is 60.7 Å². The van der Waals surface area contributed by atoms with Crippen molar-refractivity contribution >= 4 is 40.7 Å². The van der Waals surface area contributed by atoms with E-state index in [1.807, 2.05) is 32.0 Å². The third kappa shape index (κ3) is 4.15. The largest absolute Gasteiger partial charge is 0.484 e. The van der Waals surface area contributed by atoms with Crippen LogP contribution in [0.3, 0.4) is 0 Å². The molecule has 0 spiro atoms. The SMILES string of the molecule is Cc1cc(C)cc(OCC(=O)Nc2ccc(N3C(=O)c4ccccc4C3=O)cc2Cl)c1. The smallest absolute Gasteiger partial charge is 0.266 e. The van der Waals surface area contributed by atoms with Gasteiger partial charge in [0, 0.05) is 0 Å². The van der Waals surface area contributed by atoms with Crippen LogP contribution in [-0.4, -0.2) is 24.3 Å². The zero-order valence-corrected chi connectivity index (χ0v) is 17.7. The van der Waals surface area contributed by atoms with Crippen LogP contribution in [0.25, 0.3) is 0 Å². The van der Waals surface area contributed by atoms with Crippen molar-refractivity contribution in [3.05, 3.63) is 87.9 Å². The molecule has 6 nitrogen and oxygen atoms in total. The second kappa shape index (κ2) is 8.24. The topological polar surface area (TPSA) is 75.7 Å². The lowest BCUT2D eigenvalue weighted by atomic mass is 10.1. The van der Waals surface area contributed by atoms with Crippen LogP contribution in [0.4, 0.5) is 11.4 Å². The summed E-state index contributed by atoms with van der Waals surface area (Å²) in [6.45, 7) is 3.73. The number of benzene rings is 3. The molecule has 3 amide bonds. The molecular weight excluding hydrogens is 416 g/mol. The van der Waals surface area contributed by atoms with Gasteiger partial charge in [-0.3, -0.25) is 14.4 Å². The van der Waals surface area contributed by atoms with Gasteiger partial charge in [0.25, 0.3) is 17.7 Å². The minimum atomic E-state index is -0.407. The summed E-state index contributed by atoms with van der Waals surface area (Å²) < 4.78 is 5.56. The Kier molecular flexibility index (Phi) is 5.48. The molecule has 31 heavy (non-hydrogen) atoms. The van der Waals surface area contributed by atoms with Gasteiger partial charge < -0.3 is 10.1 Å². The van der Waals surface area contributed by atoms with Crippen LogP contribution in [0.2, 0.25) is 5.02 Å². The molecule has 0 saturated carbocycles. The van der Waals surface area contributed by atoms with Crippen molar-refractivity contribution < 1.29 is 19.1 Å². The molecule has 3 aromatic carbocycles. The highest BCUT2D eigenvalue weighted by atomic mass is 35.5. The Morgan fingerprint density at radius 2 is 1.55 bits per heavy atom. The molecule has 156 valence electrons. The summed E-state index contributed by atoms with van der Waals surface area (Å²) in [7, 11) is 0. The number of ether oxygens (including phenoxy) is 1. The van der Waals surface area contributed by atoms with Gasteiger partial charge in [-0.15, -0.1) is 0 Å². The summed E-state index contributed by atoms with van der Waals surface area (Å²) >= 11 is 6.31. The Morgan fingerprint density at radius 3 is 2.13 bits per heavy atom. The Morgan fingerprint density at radius 1 is 0.935 bits per heavy atom. The zero-order chi connectivity index (χ0) is 22.1. The lowest BCUT2D eigenvalue weighted by Crippen LogP contribution is -2.29. The van der Waals surface area contributed by atoms with Gasteiger partial charge in [0.05, 0.1) is 27.5 Å². The first-order valence-electron chi connectivity index (χ1n) is 9.62. The van der Waals surface area contributed by atoms with Crippen LogP contribution in [0.5, 0.6) is 5.75 Å². The van der Waals surface area contributed by atoms with Crippen molar-refractivity contribution in [1.82, 2.24) is 0 Å². The summed E-state index contributed by atoms with van der Waals surface area (Å²) in [6.07, 6.45) is 0. The fourth-order valence-electron chi connectivity index (χ4n) is 3.52. The number of rotatable bonds is 5. The highest BCUT2D eigenvalue weighted by Crippen LogP contribution is 2.32. The van der Waals surface area contributed by atoms with Crippen LogP contribution < -0.4 is 15.0 Å².